The Hall–Kier alpha value is -1.42. The summed E-state index contributed by atoms with van der Waals surface area (Å²) < 4.78 is 0. The molecule has 0 unspecified atom stereocenters. The number of nitro benzene ring substituents is 1. The van der Waals surface area contributed by atoms with E-state index < -0.39 is 0 Å². The highest BCUT2D eigenvalue weighted by atomic mass is 16.6. The number of non-ortho nitro benzene ring substituents is 1. The number of nitrogens with zero attached hydrogens (tertiary/aromatic N) is 2. The van der Waals surface area contributed by atoms with Crippen molar-refractivity contribution in [3.63, 3.8) is 0 Å². The van der Waals surface area contributed by atoms with E-state index in [1.807, 2.05) is 12.1 Å². The predicted octanol–water partition coefficient (Wildman–Crippen LogP) is 4.96. The number of nitro groups is 1. The Bertz CT molecular complexity index is 560. The van der Waals surface area contributed by atoms with Gasteiger partial charge in [-0.05, 0) is 49.4 Å². The maximum Gasteiger partial charge on any atom is 0.269 e. The van der Waals surface area contributed by atoms with Crippen molar-refractivity contribution in [1.82, 2.24) is 4.90 Å². The minimum absolute atomic E-state index is 0.00519. The molecule has 1 aliphatic heterocycles. The molecule has 1 aromatic rings. The molecule has 0 aliphatic carbocycles. The van der Waals surface area contributed by atoms with Crippen LogP contribution in [-0.2, 0) is 11.1 Å². The highest BCUT2D eigenvalue weighted by Crippen LogP contribution is 2.56. The first-order chi connectivity index (χ1) is 10.5. The molecule has 1 heterocycles. The van der Waals surface area contributed by atoms with Gasteiger partial charge in [0.25, 0.3) is 5.69 Å². The van der Waals surface area contributed by atoms with Crippen LogP contribution in [-0.4, -0.2) is 16.4 Å². The summed E-state index contributed by atoms with van der Waals surface area (Å²) in [7, 11) is 0. The van der Waals surface area contributed by atoms with Crippen LogP contribution in [0.25, 0.3) is 0 Å². The van der Waals surface area contributed by atoms with Crippen molar-refractivity contribution in [2.24, 2.45) is 0 Å². The molecule has 1 aliphatic rings. The normalized spacial score (nSPS) is 19.1. The quantitative estimate of drug-likeness (QED) is 0.551. The number of rotatable bonds is 6. The summed E-state index contributed by atoms with van der Waals surface area (Å²) in [5.74, 6) is 0. The largest absolute Gasteiger partial charge is 0.284 e. The van der Waals surface area contributed by atoms with Crippen LogP contribution in [0, 0.1) is 10.1 Å². The highest BCUT2D eigenvalue weighted by molar-refractivity contribution is 5.51. The summed E-state index contributed by atoms with van der Waals surface area (Å²) in [4.78, 5) is 13.6. The average Bonchev–Trinajstić information content (AvgIpc) is 2.80. The van der Waals surface area contributed by atoms with E-state index >= 15 is 0 Å². The average molecular weight is 304 g/mol. The van der Waals surface area contributed by atoms with E-state index in [9.17, 15) is 10.1 Å². The van der Waals surface area contributed by atoms with E-state index in [1.54, 1.807) is 6.07 Å². The zero-order valence-corrected chi connectivity index (χ0v) is 14.5. The molecule has 0 radical (unpaired) electrons. The molecular formula is C18H28N2O2. The molecule has 22 heavy (non-hydrogen) atoms. The lowest BCUT2D eigenvalue weighted by Gasteiger charge is -2.46. The molecule has 0 atom stereocenters. The summed E-state index contributed by atoms with van der Waals surface area (Å²) >= 11 is 0. The molecular weight excluding hydrogens is 276 g/mol. The predicted molar refractivity (Wildman–Crippen MR) is 90.0 cm³/mol. The van der Waals surface area contributed by atoms with Crippen LogP contribution in [0.1, 0.15) is 71.4 Å². The van der Waals surface area contributed by atoms with Crippen molar-refractivity contribution in [2.75, 3.05) is 6.54 Å². The summed E-state index contributed by atoms with van der Waals surface area (Å²) in [5, 5.41) is 11.2. The topological polar surface area (TPSA) is 46.4 Å². The molecule has 4 nitrogen and oxygen atoms in total. The molecule has 0 saturated heterocycles. The smallest absolute Gasteiger partial charge is 0.269 e. The van der Waals surface area contributed by atoms with E-state index in [4.69, 9.17) is 0 Å². The number of hydrogen-bond acceptors (Lipinski definition) is 3. The molecule has 0 spiro atoms. The van der Waals surface area contributed by atoms with Crippen LogP contribution in [0.5, 0.6) is 0 Å². The fourth-order valence-electron chi connectivity index (χ4n) is 4.77. The highest BCUT2D eigenvalue weighted by Gasteiger charge is 2.54. The van der Waals surface area contributed by atoms with E-state index in [1.165, 1.54) is 11.1 Å². The van der Waals surface area contributed by atoms with Crippen molar-refractivity contribution in [1.29, 1.82) is 0 Å². The van der Waals surface area contributed by atoms with Gasteiger partial charge in [0.2, 0.25) is 0 Å². The van der Waals surface area contributed by atoms with Gasteiger partial charge in [0.15, 0.2) is 0 Å². The SMILES string of the molecule is CCN1C(CC)(CC)c2ccc([N+](=O)[O-])cc2C1(CC)CC. The van der Waals surface area contributed by atoms with Crippen molar-refractivity contribution in [2.45, 2.75) is 71.4 Å². The summed E-state index contributed by atoms with van der Waals surface area (Å²) in [6, 6.07) is 5.52. The molecule has 0 saturated carbocycles. The summed E-state index contributed by atoms with van der Waals surface area (Å²) in [6.07, 6.45) is 4.02. The Kier molecular flexibility index (Phi) is 4.62. The first kappa shape index (κ1) is 16.9. The van der Waals surface area contributed by atoms with Gasteiger partial charge in [0.05, 0.1) is 4.92 Å². The third-order valence-electron chi connectivity index (χ3n) is 5.91. The number of hydrogen-bond donors (Lipinski definition) is 0. The third-order valence-corrected chi connectivity index (χ3v) is 5.91. The Labute approximate surface area is 133 Å². The minimum Gasteiger partial charge on any atom is -0.284 e. The lowest BCUT2D eigenvalue weighted by molar-refractivity contribution is -0.385. The number of fused-ring (bicyclic) bond motifs is 1. The fraction of sp³-hybridized carbons (Fsp3) is 0.667. The molecule has 0 aromatic heterocycles. The first-order valence-corrected chi connectivity index (χ1v) is 8.54. The van der Waals surface area contributed by atoms with Crippen molar-refractivity contribution in [3.8, 4) is 0 Å². The van der Waals surface area contributed by atoms with Gasteiger partial charge in [-0.1, -0.05) is 34.6 Å². The maximum absolute atomic E-state index is 11.2. The van der Waals surface area contributed by atoms with Gasteiger partial charge < -0.3 is 0 Å². The zero-order chi connectivity index (χ0) is 16.5. The Morgan fingerprint density at radius 1 is 0.955 bits per heavy atom. The van der Waals surface area contributed by atoms with E-state index in [0.717, 1.165) is 32.2 Å². The second-order valence-corrected chi connectivity index (χ2v) is 6.21. The van der Waals surface area contributed by atoms with Crippen molar-refractivity contribution in [3.05, 3.63) is 39.4 Å². The van der Waals surface area contributed by atoms with Gasteiger partial charge in [-0.25, -0.2) is 0 Å². The lowest BCUT2D eigenvalue weighted by Crippen LogP contribution is -2.50. The monoisotopic (exact) mass is 304 g/mol. The van der Waals surface area contributed by atoms with Crippen LogP contribution in [0.15, 0.2) is 18.2 Å². The van der Waals surface area contributed by atoms with E-state index in [-0.39, 0.29) is 21.7 Å². The fourth-order valence-corrected chi connectivity index (χ4v) is 4.77. The van der Waals surface area contributed by atoms with Crippen LogP contribution in [0.3, 0.4) is 0 Å². The molecule has 0 amide bonds. The van der Waals surface area contributed by atoms with Crippen LogP contribution in [0.4, 0.5) is 5.69 Å². The Balaban J connectivity index is 2.80. The second-order valence-electron chi connectivity index (χ2n) is 6.21. The first-order valence-electron chi connectivity index (χ1n) is 8.54. The lowest BCUT2D eigenvalue weighted by atomic mass is 9.82. The van der Waals surface area contributed by atoms with Gasteiger partial charge in [-0.2, -0.15) is 0 Å². The zero-order valence-electron chi connectivity index (χ0n) is 14.5. The van der Waals surface area contributed by atoms with Crippen LogP contribution >= 0.6 is 0 Å². The molecule has 1 aromatic carbocycles. The van der Waals surface area contributed by atoms with Gasteiger partial charge >= 0.3 is 0 Å². The molecule has 0 N–H and O–H groups in total. The molecule has 0 bridgehead atoms. The van der Waals surface area contributed by atoms with Gasteiger partial charge in [-0.3, -0.25) is 15.0 Å². The molecule has 2 rings (SSSR count). The van der Waals surface area contributed by atoms with Crippen LogP contribution < -0.4 is 0 Å². The third kappa shape index (κ3) is 2.00. The number of benzene rings is 1. The Morgan fingerprint density at radius 3 is 1.86 bits per heavy atom. The maximum atomic E-state index is 11.2. The molecule has 4 heteroatoms. The molecule has 122 valence electrons. The van der Waals surface area contributed by atoms with Gasteiger partial charge in [0, 0.05) is 23.2 Å². The van der Waals surface area contributed by atoms with Gasteiger partial charge in [-0.15, -0.1) is 0 Å². The van der Waals surface area contributed by atoms with E-state index in [2.05, 4.69) is 39.5 Å². The Morgan fingerprint density at radius 2 is 1.45 bits per heavy atom. The van der Waals surface area contributed by atoms with Crippen molar-refractivity contribution >= 4 is 5.69 Å². The standard InChI is InChI=1S/C18H28N2O2/c1-6-17(7-2)15-12-11-14(20(21)22)13-16(15)18(8-3,9-4)19(17)10-5/h11-13H,6-10H2,1-5H3. The minimum atomic E-state index is -0.273. The van der Waals surface area contributed by atoms with Crippen LogP contribution in [0.2, 0.25) is 0 Å². The van der Waals surface area contributed by atoms with Crippen molar-refractivity contribution < 1.29 is 4.92 Å². The second kappa shape index (κ2) is 5.99. The van der Waals surface area contributed by atoms with E-state index in [0.29, 0.717) is 0 Å². The summed E-state index contributed by atoms with van der Waals surface area (Å²) in [6.45, 7) is 12.1. The van der Waals surface area contributed by atoms with Gasteiger partial charge in [0.1, 0.15) is 0 Å². The molecule has 0 fully saturated rings. The summed E-state index contributed by atoms with van der Waals surface area (Å²) in [5.41, 5.74) is 2.61.